The molecule has 1 aromatic carbocycles. The second kappa shape index (κ2) is 8.01. The lowest BCUT2D eigenvalue weighted by atomic mass is 10.2. The minimum Gasteiger partial charge on any atom is -0.497 e. The Labute approximate surface area is 140 Å². The Morgan fingerprint density at radius 1 is 1.26 bits per heavy atom. The molecule has 7 heteroatoms. The Morgan fingerprint density at radius 2 is 1.96 bits per heavy atom. The van der Waals surface area contributed by atoms with Gasteiger partial charge in [-0.15, -0.1) is 10.2 Å². The Hall–Kier alpha value is -2.02. The predicted molar refractivity (Wildman–Crippen MR) is 89.5 cm³/mol. The quantitative estimate of drug-likeness (QED) is 0.784. The predicted octanol–water partition coefficient (Wildman–Crippen LogP) is 3.00. The molecular formula is C16H21N3O3S. The molecule has 0 radical (unpaired) electrons. The van der Waals surface area contributed by atoms with Crippen molar-refractivity contribution in [2.24, 2.45) is 5.92 Å². The molecule has 2 rings (SSSR count). The van der Waals surface area contributed by atoms with E-state index in [0.717, 1.165) is 11.3 Å². The van der Waals surface area contributed by atoms with Crippen molar-refractivity contribution in [2.45, 2.75) is 31.2 Å². The summed E-state index contributed by atoms with van der Waals surface area (Å²) in [7, 11) is 1.61. The average Bonchev–Trinajstić information content (AvgIpc) is 3.01. The number of ether oxygens (including phenoxy) is 1. The summed E-state index contributed by atoms with van der Waals surface area (Å²) in [6.07, 6.45) is 0. The van der Waals surface area contributed by atoms with Crippen LogP contribution in [0.15, 0.2) is 33.9 Å². The molecule has 6 nitrogen and oxygen atoms in total. The summed E-state index contributed by atoms with van der Waals surface area (Å²) in [6.45, 7) is 6.58. The molecule has 0 fully saturated rings. The molecule has 0 bridgehead atoms. The van der Waals surface area contributed by atoms with Gasteiger partial charge >= 0.3 is 0 Å². The third kappa shape index (κ3) is 4.99. The van der Waals surface area contributed by atoms with Crippen LogP contribution in [-0.4, -0.2) is 35.0 Å². The van der Waals surface area contributed by atoms with Crippen LogP contribution in [0.25, 0.3) is 11.5 Å². The van der Waals surface area contributed by atoms with E-state index in [2.05, 4.69) is 29.4 Å². The minimum atomic E-state index is -0.294. The molecule has 0 aliphatic carbocycles. The number of carbonyl (C=O) groups excluding carboxylic acids is 1. The summed E-state index contributed by atoms with van der Waals surface area (Å²) < 4.78 is 10.7. The zero-order valence-electron chi connectivity index (χ0n) is 13.7. The lowest BCUT2D eigenvalue weighted by molar-refractivity contribution is -0.120. The summed E-state index contributed by atoms with van der Waals surface area (Å²) >= 11 is 1.25. The van der Waals surface area contributed by atoms with Gasteiger partial charge in [-0.3, -0.25) is 4.79 Å². The van der Waals surface area contributed by atoms with Crippen molar-refractivity contribution in [2.75, 3.05) is 13.7 Å². The zero-order valence-corrected chi connectivity index (χ0v) is 14.5. The van der Waals surface area contributed by atoms with Gasteiger partial charge in [0.25, 0.3) is 5.22 Å². The topological polar surface area (TPSA) is 77.2 Å². The first kappa shape index (κ1) is 17.3. The molecule has 1 heterocycles. The van der Waals surface area contributed by atoms with E-state index < -0.39 is 0 Å². The normalized spacial score (nSPS) is 12.2. The molecule has 23 heavy (non-hydrogen) atoms. The maximum atomic E-state index is 12.0. The summed E-state index contributed by atoms with van der Waals surface area (Å²) in [5, 5.41) is 11.0. The van der Waals surface area contributed by atoms with Crippen molar-refractivity contribution < 1.29 is 13.9 Å². The number of methoxy groups -OCH3 is 1. The highest BCUT2D eigenvalue weighted by atomic mass is 32.2. The van der Waals surface area contributed by atoms with Gasteiger partial charge in [0, 0.05) is 12.1 Å². The fourth-order valence-corrected chi connectivity index (χ4v) is 2.47. The highest BCUT2D eigenvalue weighted by molar-refractivity contribution is 8.00. The molecule has 0 spiro atoms. The van der Waals surface area contributed by atoms with Gasteiger partial charge in [0.05, 0.1) is 12.4 Å². The van der Waals surface area contributed by atoms with Crippen LogP contribution in [0, 0.1) is 5.92 Å². The lowest BCUT2D eigenvalue weighted by Gasteiger charge is -2.11. The molecule has 0 saturated heterocycles. The number of hydrogen-bond donors (Lipinski definition) is 1. The Bertz CT molecular complexity index is 640. The van der Waals surface area contributed by atoms with E-state index in [1.54, 1.807) is 7.11 Å². The average molecular weight is 335 g/mol. The first-order valence-electron chi connectivity index (χ1n) is 7.42. The van der Waals surface area contributed by atoms with Crippen molar-refractivity contribution in [1.29, 1.82) is 0 Å². The van der Waals surface area contributed by atoms with E-state index in [-0.39, 0.29) is 11.2 Å². The number of hydrogen-bond acceptors (Lipinski definition) is 6. The summed E-state index contributed by atoms with van der Waals surface area (Å²) in [5.74, 6) is 1.57. The second-order valence-electron chi connectivity index (χ2n) is 5.50. The molecule has 1 N–H and O–H groups in total. The van der Waals surface area contributed by atoms with Crippen LogP contribution >= 0.6 is 11.8 Å². The first-order chi connectivity index (χ1) is 11.0. The van der Waals surface area contributed by atoms with E-state index in [4.69, 9.17) is 9.15 Å². The van der Waals surface area contributed by atoms with Crippen LogP contribution in [0.2, 0.25) is 0 Å². The van der Waals surface area contributed by atoms with E-state index in [1.165, 1.54) is 11.8 Å². The molecule has 1 aromatic heterocycles. The fourth-order valence-electron chi connectivity index (χ4n) is 1.76. The van der Waals surface area contributed by atoms with Crippen molar-refractivity contribution in [3.63, 3.8) is 0 Å². The van der Waals surface area contributed by atoms with Crippen LogP contribution in [0.4, 0.5) is 0 Å². The number of nitrogens with zero attached hydrogens (tertiary/aromatic N) is 2. The summed E-state index contributed by atoms with van der Waals surface area (Å²) in [6, 6.07) is 7.35. The Balaban J connectivity index is 1.97. The van der Waals surface area contributed by atoms with Crippen molar-refractivity contribution in [3.8, 4) is 17.2 Å². The lowest BCUT2D eigenvalue weighted by Crippen LogP contribution is -2.33. The number of aromatic nitrogens is 2. The molecule has 0 unspecified atom stereocenters. The van der Waals surface area contributed by atoms with Gasteiger partial charge in [0.15, 0.2) is 0 Å². The second-order valence-corrected chi connectivity index (χ2v) is 6.79. The molecule has 1 amide bonds. The summed E-state index contributed by atoms with van der Waals surface area (Å²) in [4.78, 5) is 12.0. The molecule has 2 aromatic rings. The van der Waals surface area contributed by atoms with Gasteiger partial charge in [-0.25, -0.2) is 0 Å². The van der Waals surface area contributed by atoms with Gasteiger partial charge in [0.1, 0.15) is 5.75 Å². The maximum Gasteiger partial charge on any atom is 0.277 e. The van der Waals surface area contributed by atoms with Crippen LogP contribution < -0.4 is 10.1 Å². The number of rotatable bonds is 7. The Morgan fingerprint density at radius 3 is 2.57 bits per heavy atom. The molecular weight excluding hydrogens is 314 g/mol. The van der Waals surface area contributed by atoms with Crippen LogP contribution in [0.1, 0.15) is 20.8 Å². The van der Waals surface area contributed by atoms with E-state index in [9.17, 15) is 4.79 Å². The fraction of sp³-hybridized carbons (Fsp3) is 0.438. The van der Waals surface area contributed by atoms with Gasteiger partial charge in [-0.2, -0.15) is 0 Å². The van der Waals surface area contributed by atoms with E-state index >= 15 is 0 Å². The van der Waals surface area contributed by atoms with Crippen LogP contribution in [-0.2, 0) is 4.79 Å². The van der Waals surface area contributed by atoms with Crippen LogP contribution in [0.3, 0.4) is 0 Å². The van der Waals surface area contributed by atoms with Gasteiger partial charge in [-0.05, 0) is 37.1 Å². The number of carbonyl (C=O) groups is 1. The standard InChI is InChI=1S/C16H21N3O3S/c1-10(2)9-17-14(20)11(3)23-16-19-18-15(22-16)12-5-7-13(21-4)8-6-12/h5-8,10-11H,9H2,1-4H3,(H,17,20)/t11-/m0/s1. The zero-order chi connectivity index (χ0) is 16.8. The summed E-state index contributed by atoms with van der Waals surface area (Å²) in [5.41, 5.74) is 0.807. The molecule has 0 saturated carbocycles. The SMILES string of the molecule is COc1ccc(-c2nnc(S[C@@H](C)C(=O)NCC(C)C)o2)cc1. The minimum absolute atomic E-state index is 0.0344. The smallest absolute Gasteiger partial charge is 0.277 e. The van der Waals surface area contributed by atoms with Gasteiger partial charge in [-0.1, -0.05) is 25.6 Å². The highest BCUT2D eigenvalue weighted by Crippen LogP contribution is 2.27. The number of thioether (sulfide) groups is 1. The highest BCUT2D eigenvalue weighted by Gasteiger charge is 2.18. The third-order valence-corrected chi connectivity index (χ3v) is 4.01. The van der Waals surface area contributed by atoms with Gasteiger partial charge in [0.2, 0.25) is 11.8 Å². The van der Waals surface area contributed by atoms with Crippen molar-refractivity contribution in [3.05, 3.63) is 24.3 Å². The third-order valence-electron chi connectivity index (χ3n) is 3.07. The van der Waals surface area contributed by atoms with Crippen LogP contribution in [0.5, 0.6) is 5.75 Å². The monoisotopic (exact) mass is 335 g/mol. The number of benzene rings is 1. The van der Waals surface area contributed by atoms with Crippen molar-refractivity contribution >= 4 is 17.7 Å². The number of nitrogens with one attached hydrogen (secondary N) is 1. The van der Waals surface area contributed by atoms with E-state index in [1.807, 2.05) is 31.2 Å². The molecule has 1 atom stereocenters. The largest absolute Gasteiger partial charge is 0.497 e. The molecule has 0 aliphatic heterocycles. The maximum absolute atomic E-state index is 12.0. The van der Waals surface area contributed by atoms with Crippen molar-refractivity contribution in [1.82, 2.24) is 15.5 Å². The first-order valence-corrected chi connectivity index (χ1v) is 8.30. The van der Waals surface area contributed by atoms with Gasteiger partial charge < -0.3 is 14.5 Å². The molecule has 124 valence electrons. The molecule has 0 aliphatic rings. The van der Waals surface area contributed by atoms with E-state index in [0.29, 0.717) is 23.6 Å². The Kier molecular flexibility index (Phi) is 6.04. The number of amides is 1.